The molecule has 22 heavy (non-hydrogen) atoms. The zero-order chi connectivity index (χ0) is 15.9. The second-order valence-corrected chi connectivity index (χ2v) is 5.67. The second-order valence-electron chi connectivity index (χ2n) is 4.74. The van der Waals surface area contributed by atoms with Gasteiger partial charge in [-0.2, -0.15) is 0 Å². The summed E-state index contributed by atoms with van der Waals surface area (Å²) in [5.41, 5.74) is 0.584. The number of Topliss-reactive ketones (excluding diaryl/α,β-unsaturated/α-hetero) is 1. The van der Waals surface area contributed by atoms with E-state index in [1.165, 1.54) is 0 Å². The van der Waals surface area contributed by atoms with Gasteiger partial charge in [-0.05, 0) is 0 Å². The predicted octanol–water partition coefficient (Wildman–Crippen LogP) is 1.46. The number of rotatable bonds is 7. The summed E-state index contributed by atoms with van der Waals surface area (Å²) in [6, 6.07) is 8.79. The van der Waals surface area contributed by atoms with E-state index in [9.17, 15) is 19.2 Å². The van der Waals surface area contributed by atoms with E-state index in [0.29, 0.717) is 5.56 Å². The van der Waals surface area contributed by atoms with Gasteiger partial charge in [0.1, 0.15) is 0 Å². The van der Waals surface area contributed by atoms with Gasteiger partial charge in [-0.3, -0.25) is 24.1 Å². The fraction of sp³-hybridized carbons (Fsp3) is 0.333. The minimum Gasteiger partial charge on any atom is -0.354 e. The molecule has 1 aromatic rings. The zero-order valence-corrected chi connectivity index (χ0v) is 12.7. The number of hydrogen-bond donors (Lipinski definition) is 1. The minimum absolute atomic E-state index is 0.0861. The number of nitrogens with zero attached hydrogens (tertiary/aromatic N) is 1. The third-order valence-electron chi connectivity index (χ3n) is 3.17. The molecule has 1 heterocycles. The average molecular weight is 320 g/mol. The largest absolute Gasteiger partial charge is 0.354 e. The number of benzene rings is 1. The minimum atomic E-state index is -0.279. The molecular weight excluding hydrogens is 304 g/mol. The Hall–Kier alpha value is -2.15. The summed E-state index contributed by atoms with van der Waals surface area (Å²) in [7, 11) is 0. The Labute approximate surface area is 132 Å². The fourth-order valence-corrected chi connectivity index (χ4v) is 2.74. The summed E-state index contributed by atoms with van der Waals surface area (Å²) in [4.78, 5) is 47.3. The molecule has 2 rings (SSSR count). The number of ketones is 1. The molecule has 0 unspecified atom stereocenters. The molecule has 1 aliphatic rings. The quantitative estimate of drug-likeness (QED) is 0.769. The molecule has 3 amide bonds. The van der Waals surface area contributed by atoms with Crippen molar-refractivity contribution in [2.45, 2.75) is 12.8 Å². The summed E-state index contributed by atoms with van der Waals surface area (Å²) in [6.07, 6.45) is 0.220. The summed E-state index contributed by atoms with van der Waals surface area (Å²) < 4.78 is 0. The number of amides is 3. The number of carbonyl (C=O) groups excluding carboxylic acids is 4. The van der Waals surface area contributed by atoms with Crippen LogP contribution in [0, 0.1) is 0 Å². The highest BCUT2D eigenvalue weighted by molar-refractivity contribution is 8.14. The van der Waals surface area contributed by atoms with Crippen molar-refractivity contribution in [3.8, 4) is 0 Å². The Balaban J connectivity index is 1.67. The van der Waals surface area contributed by atoms with Crippen LogP contribution in [0.2, 0.25) is 0 Å². The maximum absolute atomic E-state index is 11.8. The van der Waals surface area contributed by atoms with E-state index in [-0.39, 0.29) is 54.5 Å². The van der Waals surface area contributed by atoms with Crippen LogP contribution < -0.4 is 5.32 Å². The van der Waals surface area contributed by atoms with Crippen LogP contribution in [0.4, 0.5) is 4.79 Å². The predicted molar refractivity (Wildman–Crippen MR) is 82.6 cm³/mol. The third-order valence-corrected chi connectivity index (χ3v) is 4.03. The maximum Gasteiger partial charge on any atom is 0.288 e. The first kappa shape index (κ1) is 16.2. The van der Waals surface area contributed by atoms with Gasteiger partial charge in [-0.1, -0.05) is 42.1 Å². The van der Waals surface area contributed by atoms with Crippen LogP contribution in [0.15, 0.2) is 30.3 Å². The molecule has 0 bridgehead atoms. The van der Waals surface area contributed by atoms with Gasteiger partial charge in [-0.25, -0.2) is 0 Å². The van der Waals surface area contributed by atoms with E-state index < -0.39 is 0 Å². The van der Waals surface area contributed by atoms with Crippen LogP contribution in [0.1, 0.15) is 23.2 Å². The molecule has 1 aliphatic heterocycles. The smallest absolute Gasteiger partial charge is 0.288 e. The number of thioether (sulfide) groups is 1. The lowest BCUT2D eigenvalue weighted by Gasteiger charge is -2.12. The molecule has 0 spiro atoms. The van der Waals surface area contributed by atoms with Crippen LogP contribution in [0.5, 0.6) is 0 Å². The Morgan fingerprint density at radius 1 is 1.14 bits per heavy atom. The molecule has 6 nitrogen and oxygen atoms in total. The molecule has 7 heteroatoms. The zero-order valence-electron chi connectivity index (χ0n) is 11.9. The highest BCUT2D eigenvalue weighted by Gasteiger charge is 2.29. The van der Waals surface area contributed by atoms with E-state index in [0.717, 1.165) is 16.7 Å². The number of carbonyl (C=O) groups is 4. The number of hydrogen-bond acceptors (Lipinski definition) is 5. The molecule has 116 valence electrons. The van der Waals surface area contributed by atoms with E-state index >= 15 is 0 Å². The van der Waals surface area contributed by atoms with Crippen molar-refractivity contribution in [3.05, 3.63) is 35.9 Å². The van der Waals surface area contributed by atoms with Crippen molar-refractivity contribution < 1.29 is 19.2 Å². The van der Waals surface area contributed by atoms with Gasteiger partial charge in [0.25, 0.3) is 5.24 Å². The molecule has 0 atom stereocenters. The van der Waals surface area contributed by atoms with Crippen molar-refractivity contribution >= 4 is 34.6 Å². The summed E-state index contributed by atoms with van der Waals surface area (Å²) in [6.45, 7) is 0.374. The number of nitrogens with one attached hydrogen (secondary N) is 1. The maximum atomic E-state index is 11.8. The molecule has 0 radical (unpaired) electrons. The second kappa shape index (κ2) is 7.74. The third kappa shape index (κ3) is 4.42. The SMILES string of the molecule is O=C(CCC(=O)c1ccccc1)NCCN1C(=O)CSC1=O. The molecule has 0 aliphatic carbocycles. The lowest BCUT2D eigenvalue weighted by molar-refractivity contribution is -0.125. The summed E-state index contributed by atoms with van der Waals surface area (Å²) in [5, 5.41) is 2.33. The van der Waals surface area contributed by atoms with Gasteiger partial charge in [0.2, 0.25) is 11.8 Å². The van der Waals surface area contributed by atoms with Crippen molar-refractivity contribution in [2.75, 3.05) is 18.8 Å². The topological polar surface area (TPSA) is 83.6 Å². The average Bonchev–Trinajstić information content (AvgIpc) is 2.85. The van der Waals surface area contributed by atoms with Crippen LogP contribution in [-0.2, 0) is 9.59 Å². The first-order valence-electron chi connectivity index (χ1n) is 6.90. The monoisotopic (exact) mass is 320 g/mol. The first-order valence-corrected chi connectivity index (χ1v) is 7.88. The standard InChI is InChI=1S/C15H16N2O4S/c18-12(11-4-2-1-3-5-11)6-7-13(19)16-8-9-17-14(20)10-22-15(17)21/h1-5H,6-10H2,(H,16,19). The Morgan fingerprint density at radius 2 is 1.86 bits per heavy atom. The Bertz CT molecular complexity index is 572. The first-order chi connectivity index (χ1) is 10.6. The molecule has 1 aromatic carbocycles. The molecule has 1 saturated heterocycles. The van der Waals surface area contributed by atoms with Crippen LogP contribution in [0.25, 0.3) is 0 Å². The number of imide groups is 1. The van der Waals surface area contributed by atoms with Crippen LogP contribution >= 0.6 is 11.8 Å². The van der Waals surface area contributed by atoms with Gasteiger partial charge in [-0.15, -0.1) is 0 Å². The van der Waals surface area contributed by atoms with Crippen LogP contribution in [-0.4, -0.2) is 46.6 Å². The van der Waals surface area contributed by atoms with Crippen LogP contribution in [0.3, 0.4) is 0 Å². The summed E-state index contributed by atoms with van der Waals surface area (Å²) >= 11 is 0.964. The van der Waals surface area contributed by atoms with Crippen molar-refractivity contribution in [2.24, 2.45) is 0 Å². The van der Waals surface area contributed by atoms with Gasteiger partial charge in [0.05, 0.1) is 5.75 Å². The van der Waals surface area contributed by atoms with E-state index in [4.69, 9.17) is 0 Å². The molecule has 1 N–H and O–H groups in total. The van der Waals surface area contributed by atoms with Gasteiger partial charge >= 0.3 is 0 Å². The van der Waals surface area contributed by atoms with Gasteiger partial charge in [0, 0.05) is 31.5 Å². The van der Waals surface area contributed by atoms with Gasteiger partial charge in [0.15, 0.2) is 5.78 Å². The fourth-order valence-electron chi connectivity index (χ4n) is 1.99. The molecular formula is C15H16N2O4S. The molecule has 1 fully saturated rings. The normalized spacial score (nSPS) is 14.3. The highest BCUT2D eigenvalue weighted by atomic mass is 32.2. The molecule has 0 aromatic heterocycles. The Morgan fingerprint density at radius 3 is 2.50 bits per heavy atom. The van der Waals surface area contributed by atoms with Gasteiger partial charge < -0.3 is 5.32 Å². The lowest BCUT2D eigenvalue weighted by atomic mass is 10.1. The molecule has 0 saturated carbocycles. The highest BCUT2D eigenvalue weighted by Crippen LogP contribution is 2.17. The summed E-state index contributed by atoms with van der Waals surface area (Å²) in [5.74, 6) is -0.421. The van der Waals surface area contributed by atoms with E-state index in [2.05, 4.69) is 5.32 Å². The van der Waals surface area contributed by atoms with Crippen molar-refractivity contribution in [1.82, 2.24) is 10.2 Å². The Kier molecular flexibility index (Phi) is 5.71. The van der Waals surface area contributed by atoms with E-state index in [1.54, 1.807) is 24.3 Å². The lowest BCUT2D eigenvalue weighted by Crippen LogP contribution is -2.37. The van der Waals surface area contributed by atoms with Crippen molar-refractivity contribution in [1.29, 1.82) is 0 Å². The van der Waals surface area contributed by atoms with Crippen molar-refractivity contribution in [3.63, 3.8) is 0 Å². The van der Waals surface area contributed by atoms with E-state index in [1.807, 2.05) is 6.07 Å².